The maximum Gasteiger partial charge on any atom is 0.220 e. The molecule has 184 valence electrons. The van der Waals surface area contributed by atoms with E-state index < -0.39 is 0 Å². The third-order valence-corrected chi connectivity index (χ3v) is 6.99. The van der Waals surface area contributed by atoms with E-state index in [9.17, 15) is 4.79 Å². The Hall–Kier alpha value is -2.78. The first-order valence-electron chi connectivity index (χ1n) is 12.7. The summed E-state index contributed by atoms with van der Waals surface area (Å²) in [7, 11) is 0. The number of amidine groups is 1. The van der Waals surface area contributed by atoms with Gasteiger partial charge in [0.15, 0.2) is 0 Å². The molecule has 5 rings (SSSR count). The Balaban J connectivity index is 1.11. The van der Waals surface area contributed by atoms with Crippen molar-refractivity contribution in [1.82, 2.24) is 26.1 Å². The van der Waals surface area contributed by atoms with Gasteiger partial charge in [0.2, 0.25) is 5.91 Å². The molecule has 4 heterocycles. The second-order valence-corrected chi connectivity index (χ2v) is 9.41. The molecule has 1 aromatic rings. The quantitative estimate of drug-likeness (QED) is 0.455. The summed E-state index contributed by atoms with van der Waals surface area (Å²) in [6.07, 6.45) is 10.7. The molecule has 0 saturated carbocycles. The Morgan fingerprint density at radius 3 is 2.97 bits per heavy atom. The van der Waals surface area contributed by atoms with Crippen molar-refractivity contribution in [2.75, 3.05) is 19.8 Å². The van der Waals surface area contributed by atoms with Crippen molar-refractivity contribution in [3.63, 3.8) is 0 Å². The van der Waals surface area contributed by atoms with Crippen molar-refractivity contribution < 1.29 is 14.3 Å². The average Bonchev–Trinajstić information content (AvgIpc) is 3.61. The molecular weight excluding hydrogens is 432 g/mol. The molecule has 3 N–H and O–H groups in total. The van der Waals surface area contributed by atoms with Gasteiger partial charge in [0.05, 0.1) is 24.8 Å². The number of unbranched alkanes of at least 4 members (excludes halogenated alkanes) is 1. The average molecular weight is 469 g/mol. The molecule has 4 unspecified atom stereocenters. The number of hydrogen-bond acceptors (Lipinski definition) is 8. The lowest BCUT2D eigenvalue weighted by molar-refractivity contribution is -0.121. The van der Waals surface area contributed by atoms with Gasteiger partial charge >= 0.3 is 0 Å². The maximum absolute atomic E-state index is 12.3. The fourth-order valence-electron chi connectivity index (χ4n) is 5.01. The fraction of sp³-hybridized carbons (Fsp3) is 0.600. The summed E-state index contributed by atoms with van der Waals surface area (Å²) in [5, 5.41) is 9.74. The molecule has 9 nitrogen and oxygen atoms in total. The molecule has 9 heteroatoms. The van der Waals surface area contributed by atoms with Crippen LogP contribution in [0.1, 0.15) is 63.5 Å². The second-order valence-electron chi connectivity index (χ2n) is 9.41. The molecule has 4 aliphatic rings. The van der Waals surface area contributed by atoms with Gasteiger partial charge in [-0.2, -0.15) is 5.10 Å². The molecule has 34 heavy (non-hydrogen) atoms. The Morgan fingerprint density at radius 2 is 2.18 bits per heavy atom. The lowest BCUT2D eigenvalue weighted by atomic mass is 9.99. The number of ether oxygens (including phenoxy) is 2. The van der Waals surface area contributed by atoms with Crippen LogP contribution < -0.4 is 20.9 Å². The lowest BCUT2D eigenvalue weighted by Crippen LogP contribution is -2.54. The normalized spacial score (nSPS) is 27.3. The van der Waals surface area contributed by atoms with Crippen molar-refractivity contribution in [2.24, 2.45) is 5.10 Å². The molecule has 2 saturated heterocycles. The number of nitrogens with zero attached hydrogens (tertiary/aromatic N) is 3. The zero-order valence-electron chi connectivity index (χ0n) is 19.9. The van der Waals surface area contributed by atoms with E-state index in [4.69, 9.17) is 9.47 Å². The van der Waals surface area contributed by atoms with Crippen LogP contribution in [0.2, 0.25) is 0 Å². The molecule has 1 aromatic carbocycles. The first-order valence-corrected chi connectivity index (χ1v) is 12.7. The van der Waals surface area contributed by atoms with Gasteiger partial charge in [0.1, 0.15) is 17.8 Å². The predicted molar refractivity (Wildman–Crippen MR) is 130 cm³/mol. The summed E-state index contributed by atoms with van der Waals surface area (Å²) in [6, 6.07) is 8.89. The number of carbonyl (C=O) groups excluding carboxylic acids is 1. The van der Waals surface area contributed by atoms with E-state index in [1.54, 1.807) is 0 Å². The molecule has 0 aromatic heterocycles. The molecule has 4 aliphatic heterocycles. The van der Waals surface area contributed by atoms with Crippen LogP contribution in [0.3, 0.4) is 0 Å². The SMILES string of the molecule is CCCCOc1ccc(C2CC3C4NN=C(CCC(=O)NCC5CCCO5)N4C=CN3N2)cc1. The van der Waals surface area contributed by atoms with Crippen molar-refractivity contribution >= 4 is 11.7 Å². The minimum Gasteiger partial charge on any atom is -0.494 e. The standard InChI is InChI=1S/C25H36N6O3/c1-2-3-14-33-19-8-6-18(7-9-19)21-16-22-25-28-27-23(30(25)12-13-31(22)29-21)10-11-24(32)26-17-20-5-4-15-34-20/h6-9,12-13,20-22,25,28-29H,2-5,10-11,14-17H2,1H3,(H,26,32). The van der Waals surface area contributed by atoms with Crippen molar-refractivity contribution in [3.8, 4) is 5.75 Å². The van der Waals surface area contributed by atoms with E-state index in [2.05, 4.69) is 68.6 Å². The first kappa shape index (κ1) is 23.0. The van der Waals surface area contributed by atoms with Gasteiger partial charge in [0, 0.05) is 38.4 Å². The molecule has 2 fully saturated rings. The largest absolute Gasteiger partial charge is 0.494 e. The highest BCUT2D eigenvalue weighted by atomic mass is 16.5. The molecule has 0 radical (unpaired) electrons. The Kier molecular flexibility index (Phi) is 7.20. The number of nitrogens with one attached hydrogen (secondary N) is 3. The van der Waals surface area contributed by atoms with Crippen molar-refractivity contribution in [3.05, 3.63) is 42.2 Å². The maximum atomic E-state index is 12.3. The predicted octanol–water partition coefficient (Wildman–Crippen LogP) is 2.59. The second kappa shape index (κ2) is 10.7. The van der Waals surface area contributed by atoms with E-state index >= 15 is 0 Å². The molecule has 0 aliphatic carbocycles. The summed E-state index contributed by atoms with van der Waals surface area (Å²) in [6.45, 7) is 4.34. The minimum absolute atomic E-state index is 0.0500. The number of hydrogen-bond donors (Lipinski definition) is 3. The number of rotatable bonds is 10. The van der Waals surface area contributed by atoms with Gasteiger partial charge < -0.3 is 24.7 Å². The highest BCUT2D eigenvalue weighted by molar-refractivity contribution is 5.89. The fourth-order valence-corrected chi connectivity index (χ4v) is 5.01. The molecular formula is C25H36N6O3. The number of hydrazine groups is 1. The number of hydrazone groups is 1. The Morgan fingerprint density at radius 1 is 1.29 bits per heavy atom. The van der Waals surface area contributed by atoms with Crippen LogP contribution in [0.25, 0.3) is 0 Å². The van der Waals surface area contributed by atoms with Gasteiger partial charge in [-0.3, -0.25) is 10.2 Å². The highest BCUT2D eigenvalue weighted by Gasteiger charge is 2.44. The van der Waals surface area contributed by atoms with Gasteiger partial charge in [0.25, 0.3) is 0 Å². The zero-order valence-corrected chi connectivity index (χ0v) is 19.9. The third kappa shape index (κ3) is 5.15. The van der Waals surface area contributed by atoms with E-state index in [0.717, 1.165) is 56.9 Å². The number of carbonyl (C=O) groups is 1. The lowest BCUT2D eigenvalue weighted by Gasteiger charge is -2.37. The number of benzene rings is 1. The Labute approximate surface area is 201 Å². The Bertz CT molecular complexity index is 898. The van der Waals surface area contributed by atoms with E-state index in [-0.39, 0.29) is 30.3 Å². The van der Waals surface area contributed by atoms with Crippen LogP contribution in [0.4, 0.5) is 0 Å². The summed E-state index contributed by atoms with van der Waals surface area (Å²) in [5.41, 5.74) is 8.16. The highest BCUT2D eigenvalue weighted by Crippen LogP contribution is 2.34. The van der Waals surface area contributed by atoms with Gasteiger partial charge in [-0.05, 0) is 43.4 Å². The summed E-state index contributed by atoms with van der Waals surface area (Å²) in [5.74, 6) is 1.88. The summed E-state index contributed by atoms with van der Waals surface area (Å²) < 4.78 is 11.4. The van der Waals surface area contributed by atoms with E-state index in [1.165, 1.54) is 5.56 Å². The van der Waals surface area contributed by atoms with Gasteiger partial charge in [-0.1, -0.05) is 25.5 Å². The molecule has 0 spiro atoms. The van der Waals surface area contributed by atoms with Crippen molar-refractivity contribution in [2.45, 2.75) is 76.2 Å². The number of amides is 1. The van der Waals surface area contributed by atoms with Crippen molar-refractivity contribution in [1.29, 1.82) is 0 Å². The number of fused-ring (bicyclic) bond motifs is 3. The molecule has 1 amide bonds. The van der Waals surface area contributed by atoms with Crippen LogP contribution in [0.5, 0.6) is 5.75 Å². The molecule has 4 atom stereocenters. The van der Waals surface area contributed by atoms with Crippen LogP contribution in [0.15, 0.2) is 41.8 Å². The van der Waals surface area contributed by atoms with Crippen LogP contribution in [-0.4, -0.2) is 59.7 Å². The molecule has 0 bridgehead atoms. The van der Waals surface area contributed by atoms with Gasteiger partial charge in [-0.15, -0.1) is 0 Å². The smallest absolute Gasteiger partial charge is 0.220 e. The van der Waals surface area contributed by atoms with Crippen LogP contribution >= 0.6 is 0 Å². The van der Waals surface area contributed by atoms with Crippen LogP contribution in [0, 0.1) is 0 Å². The topological polar surface area (TPSA) is 90.5 Å². The van der Waals surface area contributed by atoms with Gasteiger partial charge in [-0.25, -0.2) is 5.43 Å². The van der Waals surface area contributed by atoms with E-state index in [1.807, 2.05) is 6.20 Å². The first-order chi connectivity index (χ1) is 16.7. The monoisotopic (exact) mass is 468 g/mol. The minimum atomic E-state index is 0.0500. The van der Waals surface area contributed by atoms with Crippen LogP contribution in [-0.2, 0) is 9.53 Å². The zero-order chi connectivity index (χ0) is 23.3. The summed E-state index contributed by atoms with van der Waals surface area (Å²) >= 11 is 0. The third-order valence-electron chi connectivity index (χ3n) is 6.99. The summed E-state index contributed by atoms with van der Waals surface area (Å²) in [4.78, 5) is 14.5. The van der Waals surface area contributed by atoms with E-state index in [0.29, 0.717) is 19.4 Å².